The Bertz CT molecular complexity index is 763. The van der Waals surface area contributed by atoms with Crippen molar-refractivity contribution in [3.05, 3.63) is 77.2 Å². The molecular formula is C20H22N2O2S. The number of rotatable bonds is 9. The van der Waals surface area contributed by atoms with E-state index in [4.69, 9.17) is 0 Å². The Kier molecular flexibility index (Phi) is 7.32. The van der Waals surface area contributed by atoms with Crippen LogP contribution in [0.2, 0.25) is 0 Å². The van der Waals surface area contributed by atoms with Gasteiger partial charge in [-0.2, -0.15) is 0 Å². The average molecular weight is 354 g/mol. The molecule has 0 amide bonds. The fourth-order valence-corrected chi connectivity index (χ4v) is 3.14. The summed E-state index contributed by atoms with van der Waals surface area (Å²) in [5.41, 5.74) is 2.89. The molecule has 2 aromatic rings. The van der Waals surface area contributed by atoms with Crippen molar-refractivity contribution in [2.75, 3.05) is 0 Å². The highest BCUT2D eigenvalue weighted by Gasteiger charge is 2.18. The van der Waals surface area contributed by atoms with Crippen molar-refractivity contribution >= 4 is 17.3 Å². The number of nitrogens with zero attached hydrogens (tertiary/aromatic N) is 1. The molecule has 0 fully saturated rings. The lowest BCUT2D eigenvalue weighted by Crippen LogP contribution is -2.36. The monoisotopic (exact) mass is 354 g/mol. The molecule has 5 heteroatoms. The zero-order valence-corrected chi connectivity index (χ0v) is 15.0. The van der Waals surface area contributed by atoms with Gasteiger partial charge in [-0.3, -0.25) is 10.1 Å². The summed E-state index contributed by atoms with van der Waals surface area (Å²) in [6.07, 6.45) is 7.68. The first-order chi connectivity index (χ1) is 12.1. The Morgan fingerprint density at radius 2 is 2.16 bits per heavy atom. The molecule has 0 saturated heterocycles. The van der Waals surface area contributed by atoms with Gasteiger partial charge in [0.25, 0.3) is 0 Å². The van der Waals surface area contributed by atoms with Crippen LogP contribution in [0.4, 0.5) is 0 Å². The lowest BCUT2D eigenvalue weighted by molar-refractivity contribution is -0.139. The molecule has 0 aliphatic rings. The number of carboxylic acids is 1. The lowest BCUT2D eigenvalue weighted by atomic mass is 10.1. The van der Waals surface area contributed by atoms with Crippen LogP contribution in [0, 0.1) is 0 Å². The van der Waals surface area contributed by atoms with E-state index in [2.05, 4.69) is 16.9 Å². The molecule has 0 saturated carbocycles. The Balaban J connectivity index is 2.02. The summed E-state index contributed by atoms with van der Waals surface area (Å²) in [6, 6.07) is 9.26. The van der Waals surface area contributed by atoms with E-state index in [1.165, 1.54) is 11.3 Å². The number of aliphatic carboxylic acids is 1. The fraction of sp³-hybridized carbons (Fsp3) is 0.200. The molecule has 1 aromatic carbocycles. The van der Waals surface area contributed by atoms with Gasteiger partial charge in [0.1, 0.15) is 11.0 Å². The number of allylic oxidation sites excluding steroid dienone is 4. The topological polar surface area (TPSA) is 62.2 Å². The molecule has 0 spiro atoms. The number of carboxylic acid groups (broad SMARTS) is 1. The molecule has 2 rings (SSSR count). The maximum Gasteiger partial charge on any atom is 0.321 e. The summed E-state index contributed by atoms with van der Waals surface area (Å²) < 4.78 is 0. The molecule has 25 heavy (non-hydrogen) atoms. The average Bonchev–Trinajstić information content (AvgIpc) is 3.08. The van der Waals surface area contributed by atoms with Crippen LogP contribution < -0.4 is 5.32 Å². The van der Waals surface area contributed by atoms with E-state index >= 15 is 0 Å². The molecule has 2 N–H and O–H groups in total. The Hall–Kier alpha value is -2.50. The first-order valence-corrected chi connectivity index (χ1v) is 8.92. The van der Waals surface area contributed by atoms with Gasteiger partial charge in [-0.1, -0.05) is 61.2 Å². The van der Waals surface area contributed by atoms with Crippen molar-refractivity contribution in [1.29, 1.82) is 0 Å². The fourth-order valence-electron chi connectivity index (χ4n) is 2.38. The van der Waals surface area contributed by atoms with Crippen molar-refractivity contribution in [3.8, 4) is 11.3 Å². The number of benzene rings is 1. The van der Waals surface area contributed by atoms with Crippen LogP contribution in [0.25, 0.3) is 11.3 Å². The zero-order valence-electron chi connectivity index (χ0n) is 14.2. The van der Waals surface area contributed by atoms with Crippen molar-refractivity contribution in [1.82, 2.24) is 10.3 Å². The van der Waals surface area contributed by atoms with Crippen LogP contribution in [0.5, 0.6) is 0 Å². The predicted octanol–water partition coefficient (Wildman–Crippen LogP) is 4.43. The maximum absolute atomic E-state index is 11.5. The van der Waals surface area contributed by atoms with Gasteiger partial charge in [-0.15, -0.1) is 11.3 Å². The van der Waals surface area contributed by atoms with E-state index < -0.39 is 12.0 Å². The molecule has 130 valence electrons. The highest BCUT2D eigenvalue weighted by atomic mass is 32.1. The van der Waals surface area contributed by atoms with Gasteiger partial charge < -0.3 is 5.11 Å². The minimum absolute atomic E-state index is 0.391. The largest absolute Gasteiger partial charge is 0.480 e. The first-order valence-electron chi connectivity index (χ1n) is 8.04. The summed E-state index contributed by atoms with van der Waals surface area (Å²) >= 11 is 1.53. The molecule has 0 bridgehead atoms. The zero-order chi connectivity index (χ0) is 18.1. The minimum Gasteiger partial charge on any atom is -0.480 e. The maximum atomic E-state index is 11.5. The van der Waals surface area contributed by atoms with Gasteiger partial charge in [0.2, 0.25) is 0 Å². The van der Waals surface area contributed by atoms with Gasteiger partial charge in [0, 0.05) is 17.5 Å². The van der Waals surface area contributed by atoms with E-state index in [-0.39, 0.29) is 0 Å². The summed E-state index contributed by atoms with van der Waals surface area (Å²) in [7, 11) is 0. The molecule has 0 aliphatic carbocycles. The Labute approximate surface area is 152 Å². The van der Waals surface area contributed by atoms with E-state index in [1.807, 2.05) is 60.9 Å². The van der Waals surface area contributed by atoms with Crippen molar-refractivity contribution in [2.45, 2.75) is 25.9 Å². The van der Waals surface area contributed by atoms with Crippen LogP contribution >= 0.6 is 11.3 Å². The molecule has 1 unspecified atom stereocenters. The van der Waals surface area contributed by atoms with Gasteiger partial charge in [0.15, 0.2) is 0 Å². The second-order valence-electron chi connectivity index (χ2n) is 5.45. The number of thiazole rings is 1. The van der Waals surface area contributed by atoms with Gasteiger partial charge in [-0.25, -0.2) is 4.98 Å². The second-order valence-corrected chi connectivity index (χ2v) is 6.39. The van der Waals surface area contributed by atoms with Crippen LogP contribution in [-0.2, 0) is 11.3 Å². The van der Waals surface area contributed by atoms with Crippen LogP contribution in [0.15, 0.2) is 72.2 Å². The van der Waals surface area contributed by atoms with Gasteiger partial charge in [-0.05, 0) is 18.9 Å². The second kappa shape index (κ2) is 9.71. The van der Waals surface area contributed by atoms with E-state index in [0.717, 1.165) is 21.8 Å². The van der Waals surface area contributed by atoms with Crippen LogP contribution in [0.1, 0.15) is 18.4 Å². The highest BCUT2D eigenvalue weighted by molar-refractivity contribution is 7.09. The molecule has 1 atom stereocenters. The standard InChI is InChI=1S/C20H22N2O2S/c1-3-8-15(9-4-2)12-17(20(23)24)21-13-19-22-18(14-25-19)16-10-6-5-7-11-16/h3-11,14,17,21H,1,12-13H2,2H3,(H,23,24)/b9-4-,15-8+. The summed E-state index contributed by atoms with van der Waals surface area (Å²) in [5.74, 6) is -0.876. The SMILES string of the molecule is C=C/C=C(\C=C/C)CC(NCc1nc(-c2ccccc2)cs1)C(=O)O. The molecular weight excluding hydrogens is 332 g/mol. The number of aromatic nitrogens is 1. The van der Waals surface area contributed by atoms with Gasteiger partial charge in [0.05, 0.1) is 5.69 Å². The number of hydrogen-bond donors (Lipinski definition) is 2. The molecule has 1 heterocycles. The quantitative estimate of drug-likeness (QED) is 0.654. The van der Waals surface area contributed by atoms with Gasteiger partial charge >= 0.3 is 5.97 Å². The van der Waals surface area contributed by atoms with Crippen molar-refractivity contribution in [3.63, 3.8) is 0 Å². The van der Waals surface area contributed by atoms with Crippen LogP contribution in [0.3, 0.4) is 0 Å². The third-order valence-electron chi connectivity index (χ3n) is 3.57. The van der Waals surface area contributed by atoms with E-state index in [1.54, 1.807) is 6.08 Å². The Morgan fingerprint density at radius 1 is 1.40 bits per heavy atom. The minimum atomic E-state index is -0.876. The Morgan fingerprint density at radius 3 is 2.80 bits per heavy atom. The first kappa shape index (κ1) is 18.8. The number of hydrogen-bond acceptors (Lipinski definition) is 4. The highest BCUT2D eigenvalue weighted by Crippen LogP contribution is 2.21. The molecule has 1 aromatic heterocycles. The predicted molar refractivity (Wildman–Crippen MR) is 104 cm³/mol. The normalized spacial score (nSPS) is 13.1. The number of carbonyl (C=O) groups is 1. The van der Waals surface area contributed by atoms with E-state index in [0.29, 0.717) is 13.0 Å². The molecule has 0 aliphatic heterocycles. The third-order valence-corrected chi connectivity index (χ3v) is 4.42. The summed E-state index contributed by atoms with van der Waals surface area (Å²) in [6.45, 7) is 6.00. The molecule has 4 nitrogen and oxygen atoms in total. The number of nitrogens with one attached hydrogen (secondary N) is 1. The smallest absolute Gasteiger partial charge is 0.321 e. The van der Waals surface area contributed by atoms with Crippen LogP contribution in [-0.4, -0.2) is 22.1 Å². The summed E-state index contributed by atoms with van der Waals surface area (Å²) in [4.78, 5) is 16.1. The van der Waals surface area contributed by atoms with E-state index in [9.17, 15) is 9.90 Å². The molecule has 0 radical (unpaired) electrons. The summed E-state index contributed by atoms with van der Waals surface area (Å²) in [5, 5.41) is 15.4. The lowest BCUT2D eigenvalue weighted by Gasteiger charge is -2.14. The van der Waals surface area contributed by atoms with Crippen molar-refractivity contribution in [2.24, 2.45) is 0 Å². The van der Waals surface area contributed by atoms with Crippen molar-refractivity contribution < 1.29 is 9.90 Å². The third kappa shape index (κ3) is 5.81.